The Morgan fingerprint density at radius 3 is 2.55 bits per heavy atom. The molecule has 0 saturated heterocycles. The van der Waals surface area contributed by atoms with E-state index in [1.807, 2.05) is 0 Å². The van der Waals surface area contributed by atoms with Crippen LogP contribution in [0.3, 0.4) is 0 Å². The fourth-order valence-corrected chi connectivity index (χ4v) is 5.16. The van der Waals surface area contributed by atoms with E-state index < -0.39 is 0 Å². The van der Waals surface area contributed by atoms with Crippen molar-refractivity contribution >= 4 is 5.91 Å². The lowest BCUT2D eigenvalue weighted by atomic mass is 10.0. The van der Waals surface area contributed by atoms with Crippen LogP contribution in [0.4, 0.5) is 0 Å². The maximum atomic E-state index is 13.3. The lowest BCUT2D eigenvalue weighted by Crippen LogP contribution is -2.40. The maximum absolute atomic E-state index is 13.3. The van der Waals surface area contributed by atoms with Crippen LogP contribution < -0.4 is 0 Å². The molecular weight excluding hydrogens is 384 g/mol. The molecule has 2 aromatic rings. The predicted octanol–water partition coefficient (Wildman–Crippen LogP) is 4.88. The number of carbonyl (C=O) groups is 1. The molecule has 1 aliphatic carbocycles. The molecule has 1 aromatic carbocycles. The van der Waals surface area contributed by atoms with Gasteiger partial charge in [0.2, 0.25) is 5.91 Å². The van der Waals surface area contributed by atoms with Gasteiger partial charge in [0.05, 0.1) is 23.6 Å². The second-order valence-electron chi connectivity index (χ2n) is 9.69. The average molecular weight is 423 g/mol. The molecule has 5 heteroatoms. The lowest BCUT2D eigenvalue weighted by Gasteiger charge is -2.30. The summed E-state index contributed by atoms with van der Waals surface area (Å²) in [4.78, 5) is 17.9. The van der Waals surface area contributed by atoms with Crippen molar-refractivity contribution in [2.45, 2.75) is 85.4 Å². The highest BCUT2D eigenvalue weighted by molar-refractivity contribution is 5.79. The van der Waals surface area contributed by atoms with E-state index in [9.17, 15) is 4.79 Å². The second-order valence-corrected chi connectivity index (χ2v) is 9.69. The molecule has 31 heavy (non-hydrogen) atoms. The summed E-state index contributed by atoms with van der Waals surface area (Å²) in [6, 6.07) is 8.81. The van der Waals surface area contributed by atoms with Crippen molar-refractivity contribution in [3.05, 3.63) is 46.8 Å². The van der Waals surface area contributed by atoms with Gasteiger partial charge in [0.25, 0.3) is 0 Å². The zero-order chi connectivity index (χ0) is 22.0. The van der Waals surface area contributed by atoms with Gasteiger partial charge < -0.3 is 4.90 Å². The summed E-state index contributed by atoms with van der Waals surface area (Å²) in [7, 11) is 0. The fourth-order valence-electron chi connectivity index (χ4n) is 5.16. The number of rotatable bonds is 7. The number of benzene rings is 1. The van der Waals surface area contributed by atoms with Gasteiger partial charge in [-0.15, -0.1) is 0 Å². The number of hydrogen-bond donors (Lipinski definition) is 0. The van der Waals surface area contributed by atoms with Crippen LogP contribution in [-0.4, -0.2) is 44.6 Å². The van der Waals surface area contributed by atoms with Crippen LogP contribution in [0.15, 0.2) is 24.3 Å². The maximum Gasteiger partial charge on any atom is 0.226 e. The number of amides is 1. The Morgan fingerprint density at radius 2 is 1.90 bits per heavy atom. The van der Waals surface area contributed by atoms with Gasteiger partial charge in [-0.25, -0.2) is 4.68 Å². The Balaban J connectivity index is 1.68. The van der Waals surface area contributed by atoms with Gasteiger partial charge in [0, 0.05) is 37.0 Å². The van der Waals surface area contributed by atoms with E-state index in [1.165, 1.54) is 29.7 Å². The third-order valence-corrected chi connectivity index (χ3v) is 6.97. The summed E-state index contributed by atoms with van der Waals surface area (Å²) in [5.41, 5.74) is 6.12. The molecule has 2 aliphatic rings. The molecule has 0 bridgehead atoms. The molecule has 2 heterocycles. The molecule has 1 amide bonds. The monoisotopic (exact) mass is 422 g/mol. The fraction of sp³-hybridized carbons (Fsp3) is 0.615. The first kappa shape index (κ1) is 22.1. The number of nitrogens with zero attached hydrogens (tertiary/aromatic N) is 4. The van der Waals surface area contributed by atoms with Crippen molar-refractivity contribution in [2.24, 2.45) is 5.92 Å². The number of carbonyl (C=O) groups excluding carboxylic acids is 1. The third-order valence-electron chi connectivity index (χ3n) is 6.97. The van der Waals surface area contributed by atoms with Crippen molar-refractivity contribution in [3.8, 4) is 5.69 Å². The van der Waals surface area contributed by atoms with E-state index >= 15 is 0 Å². The number of aromatic nitrogens is 2. The van der Waals surface area contributed by atoms with Crippen LogP contribution >= 0.6 is 0 Å². The van der Waals surface area contributed by atoms with Gasteiger partial charge >= 0.3 is 0 Å². The minimum Gasteiger partial charge on any atom is -0.334 e. The van der Waals surface area contributed by atoms with Crippen molar-refractivity contribution in [1.82, 2.24) is 19.6 Å². The molecular formula is C26H38N4O. The van der Waals surface area contributed by atoms with Crippen molar-refractivity contribution < 1.29 is 4.79 Å². The number of hydrogen-bond acceptors (Lipinski definition) is 3. The summed E-state index contributed by atoms with van der Waals surface area (Å²) in [5, 5.41) is 5.11. The van der Waals surface area contributed by atoms with Crippen LogP contribution in [0, 0.1) is 12.8 Å². The Kier molecular flexibility index (Phi) is 6.80. The van der Waals surface area contributed by atoms with Crippen LogP contribution in [-0.2, 0) is 24.3 Å². The van der Waals surface area contributed by atoms with Crippen molar-refractivity contribution in [3.63, 3.8) is 0 Å². The Bertz CT molecular complexity index is 893. The molecule has 1 saturated carbocycles. The molecule has 0 atom stereocenters. The first-order valence-corrected chi connectivity index (χ1v) is 12.2. The molecule has 0 N–H and O–H groups in total. The predicted molar refractivity (Wildman–Crippen MR) is 125 cm³/mol. The summed E-state index contributed by atoms with van der Waals surface area (Å²) >= 11 is 0. The Hall–Kier alpha value is -2.14. The molecule has 1 fully saturated rings. The minimum atomic E-state index is 0.184. The first-order valence-electron chi connectivity index (χ1n) is 12.2. The van der Waals surface area contributed by atoms with Crippen LogP contribution in [0.5, 0.6) is 0 Å². The van der Waals surface area contributed by atoms with E-state index in [-0.39, 0.29) is 12.0 Å². The van der Waals surface area contributed by atoms with Gasteiger partial charge in [-0.3, -0.25) is 9.69 Å². The van der Waals surface area contributed by atoms with Gasteiger partial charge in [-0.05, 0) is 58.7 Å². The molecule has 5 nitrogen and oxygen atoms in total. The standard InChI is InChI=1S/C26H38N4O/c1-5-15-28-16-14-25-23(17-28)24(27-30(25)22-12-10-20(4)11-13-22)18-29(19(2)3)26(31)21-8-6-7-9-21/h10-13,19,21H,5-9,14-18H2,1-4H3. The highest BCUT2D eigenvalue weighted by Crippen LogP contribution is 2.30. The van der Waals surface area contributed by atoms with Gasteiger partial charge in [-0.2, -0.15) is 5.10 Å². The molecule has 168 valence electrons. The summed E-state index contributed by atoms with van der Waals surface area (Å²) in [5.74, 6) is 0.529. The molecule has 0 unspecified atom stereocenters. The van der Waals surface area contributed by atoms with Crippen molar-refractivity contribution in [2.75, 3.05) is 13.1 Å². The largest absolute Gasteiger partial charge is 0.334 e. The zero-order valence-corrected chi connectivity index (χ0v) is 19.7. The number of fused-ring (bicyclic) bond motifs is 1. The molecule has 4 rings (SSSR count). The molecule has 0 spiro atoms. The minimum absolute atomic E-state index is 0.184. The van der Waals surface area contributed by atoms with Gasteiger partial charge in [-0.1, -0.05) is 37.5 Å². The third kappa shape index (κ3) is 4.72. The van der Waals surface area contributed by atoms with E-state index in [1.54, 1.807) is 0 Å². The zero-order valence-electron chi connectivity index (χ0n) is 19.7. The summed E-state index contributed by atoms with van der Waals surface area (Å²) in [6.07, 6.45) is 6.63. The van der Waals surface area contributed by atoms with Crippen LogP contribution in [0.1, 0.15) is 75.4 Å². The quantitative estimate of drug-likeness (QED) is 0.639. The van der Waals surface area contributed by atoms with Gasteiger partial charge in [0.1, 0.15) is 0 Å². The first-order chi connectivity index (χ1) is 15.0. The van der Waals surface area contributed by atoms with E-state index in [4.69, 9.17) is 5.10 Å². The van der Waals surface area contributed by atoms with Crippen LogP contribution in [0.25, 0.3) is 5.69 Å². The van der Waals surface area contributed by atoms with Crippen LogP contribution in [0.2, 0.25) is 0 Å². The molecule has 1 aromatic heterocycles. The van der Waals surface area contributed by atoms with Crippen molar-refractivity contribution in [1.29, 1.82) is 0 Å². The summed E-state index contributed by atoms with van der Waals surface area (Å²) in [6.45, 7) is 12.4. The van der Waals surface area contributed by atoms with Gasteiger partial charge in [0.15, 0.2) is 0 Å². The van der Waals surface area contributed by atoms with E-state index in [2.05, 4.69) is 66.4 Å². The normalized spacial score (nSPS) is 17.3. The smallest absolute Gasteiger partial charge is 0.226 e. The second kappa shape index (κ2) is 9.56. The lowest BCUT2D eigenvalue weighted by molar-refractivity contribution is -0.137. The average Bonchev–Trinajstić information content (AvgIpc) is 3.41. The summed E-state index contributed by atoms with van der Waals surface area (Å²) < 4.78 is 2.14. The topological polar surface area (TPSA) is 41.4 Å². The highest BCUT2D eigenvalue weighted by Gasteiger charge is 2.32. The van der Waals surface area contributed by atoms with E-state index in [0.29, 0.717) is 12.5 Å². The number of aryl methyl sites for hydroxylation is 1. The SMILES string of the molecule is CCCN1CCc2c(c(CN(C(=O)C3CCCC3)C(C)C)nn2-c2ccc(C)cc2)C1. The molecule has 0 radical (unpaired) electrons. The Morgan fingerprint density at radius 1 is 1.19 bits per heavy atom. The van der Waals surface area contributed by atoms with E-state index in [0.717, 1.165) is 56.7 Å². The highest BCUT2D eigenvalue weighted by atomic mass is 16.2. The molecule has 1 aliphatic heterocycles. The Labute approximate surface area is 187 Å².